The summed E-state index contributed by atoms with van der Waals surface area (Å²) in [6.07, 6.45) is 3.06. The van der Waals surface area contributed by atoms with Crippen LogP contribution < -0.4 is 11.2 Å². The molecule has 8 nitrogen and oxygen atoms in total. The minimum atomic E-state index is -0.585. The summed E-state index contributed by atoms with van der Waals surface area (Å²) in [7, 11) is 0. The molecule has 1 amide bonds. The number of aromatic nitrogens is 4. The van der Waals surface area contributed by atoms with Crippen LogP contribution in [0.1, 0.15) is 28.4 Å². The number of nitrogens with zero attached hydrogens (tertiary/aromatic N) is 3. The number of amides is 1. The number of aryl methyl sites for hydroxylation is 1. The van der Waals surface area contributed by atoms with E-state index in [0.717, 1.165) is 17.0 Å². The lowest BCUT2D eigenvalue weighted by molar-refractivity contribution is -0.133. The summed E-state index contributed by atoms with van der Waals surface area (Å²) in [4.78, 5) is 47.8. The lowest BCUT2D eigenvalue weighted by Crippen LogP contribution is -2.42. The first-order valence-electron chi connectivity index (χ1n) is 8.68. The molecule has 0 aliphatic carbocycles. The standard InChI is InChI=1S/C19H19N5O3/c1-12-7-24(19(27)22-18(12)26)10-16(25)23-8-14(13-5-3-2-4-6-13)17-15(9-23)20-11-21-17/h2-7,11,14H,8-10H2,1H3,(H,20,21)(H,22,26,27). The smallest absolute Gasteiger partial charge is 0.328 e. The van der Waals surface area contributed by atoms with Gasteiger partial charge in [0.1, 0.15) is 6.54 Å². The lowest BCUT2D eigenvalue weighted by Gasteiger charge is -2.32. The number of fused-ring (bicyclic) bond motifs is 1. The second-order valence-electron chi connectivity index (χ2n) is 6.70. The van der Waals surface area contributed by atoms with Gasteiger partial charge in [0.15, 0.2) is 0 Å². The van der Waals surface area contributed by atoms with Gasteiger partial charge in [0, 0.05) is 24.2 Å². The zero-order valence-corrected chi connectivity index (χ0v) is 14.8. The zero-order chi connectivity index (χ0) is 19.0. The number of carbonyl (C=O) groups is 1. The third-order valence-electron chi connectivity index (χ3n) is 4.88. The van der Waals surface area contributed by atoms with Crippen molar-refractivity contribution in [2.75, 3.05) is 6.54 Å². The van der Waals surface area contributed by atoms with Crippen molar-refractivity contribution in [3.05, 3.63) is 86.2 Å². The normalized spacial score (nSPS) is 16.2. The molecule has 0 spiro atoms. The van der Waals surface area contributed by atoms with Crippen molar-refractivity contribution in [2.45, 2.75) is 25.9 Å². The number of H-pyrrole nitrogens is 2. The van der Waals surface area contributed by atoms with Crippen LogP contribution >= 0.6 is 0 Å². The molecular weight excluding hydrogens is 346 g/mol. The molecule has 27 heavy (non-hydrogen) atoms. The molecule has 2 aromatic heterocycles. The average Bonchev–Trinajstić information content (AvgIpc) is 3.14. The van der Waals surface area contributed by atoms with Gasteiger partial charge in [-0.2, -0.15) is 0 Å². The fourth-order valence-corrected chi connectivity index (χ4v) is 3.44. The van der Waals surface area contributed by atoms with E-state index in [0.29, 0.717) is 18.7 Å². The van der Waals surface area contributed by atoms with E-state index in [4.69, 9.17) is 0 Å². The maximum Gasteiger partial charge on any atom is 0.328 e. The van der Waals surface area contributed by atoms with Crippen LogP contribution in [0.25, 0.3) is 0 Å². The molecule has 1 atom stereocenters. The van der Waals surface area contributed by atoms with Crippen LogP contribution in [0.5, 0.6) is 0 Å². The SMILES string of the molecule is Cc1cn(CC(=O)N2Cc3[nH]cnc3C(c3ccccc3)C2)c(=O)[nH]c1=O. The van der Waals surface area contributed by atoms with Crippen LogP contribution in [0.3, 0.4) is 0 Å². The molecule has 1 aliphatic heterocycles. The van der Waals surface area contributed by atoms with Gasteiger partial charge in [-0.3, -0.25) is 19.1 Å². The van der Waals surface area contributed by atoms with E-state index in [2.05, 4.69) is 15.0 Å². The van der Waals surface area contributed by atoms with E-state index in [1.165, 1.54) is 10.8 Å². The van der Waals surface area contributed by atoms with Crippen molar-refractivity contribution < 1.29 is 4.79 Å². The fourth-order valence-electron chi connectivity index (χ4n) is 3.44. The van der Waals surface area contributed by atoms with Crippen molar-refractivity contribution in [1.29, 1.82) is 0 Å². The number of carbonyl (C=O) groups excluding carboxylic acids is 1. The van der Waals surface area contributed by atoms with Gasteiger partial charge in [-0.15, -0.1) is 0 Å². The fraction of sp³-hybridized carbons (Fsp3) is 0.263. The quantitative estimate of drug-likeness (QED) is 0.714. The van der Waals surface area contributed by atoms with E-state index >= 15 is 0 Å². The highest BCUT2D eigenvalue weighted by Gasteiger charge is 2.31. The second-order valence-corrected chi connectivity index (χ2v) is 6.70. The number of imidazole rings is 1. The number of hydrogen-bond donors (Lipinski definition) is 2. The van der Waals surface area contributed by atoms with Gasteiger partial charge in [-0.05, 0) is 12.5 Å². The summed E-state index contributed by atoms with van der Waals surface area (Å²) in [6.45, 7) is 2.37. The zero-order valence-electron chi connectivity index (χ0n) is 14.8. The Balaban J connectivity index is 1.61. The van der Waals surface area contributed by atoms with Gasteiger partial charge in [-0.25, -0.2) is 9.78 Å². The molecule has 1 unspecified atom stereocenters. The summed E-state index contributed by atoms with van der Waals surface area (Å²) >= 11 is 0. The Kier molecular flexibility index (Phi) is 4.23. The average molecular weight is 365 g/mol. The number of nitrogens with one attached hydrogen (secondary N) is 2. The first-order chi connectivity index (χ1) is 13.0. The summed E-state index contributed by atoms with van der Waals surface area (Å²) in [5, 5.41) is 0. The summed E-state index contributed by atoms with van der Waals surface area (Å²) < 4.78 is 1.24. The Hall–Kier alpha value is -3.42. The van der Waals surface area contributed by atoms with E-state index in [9.17, 15) is 14.4 Å². The van der Waals surface area contributed by atoms with E-state index in [1.54, 1.807) is 18.2 Å². The summed E-state index contributed by atoms with van der Waals surface area (Å²) in [5.41, 5.74) is 2.29. The third-order valence-corrected chi connectivity index (χ3v) is 4.88. The molecule has 0 bridgehead atoms. The number of aromatic amines is 2. The highest BCUT2D eigenvalue weighted by atomic mass is 16.2. The Labute approximate surface area is 154 Å². The van der Waals surface area contributed by atoms with Gasteiger partial charge in [0.05, 0.1) is 24.3 Å². The minimum absolute atomic E-state index is 0.0285. The van der Waals surface area contributed by atoms with Gasteiger partial charge < -0.3 is 9.88 Å². The molecule has 1 aromatic carbocycles. The van der Waals surface area contributed by atoms with E-state index in [1.807, 2.05) is 30.3 Å². The van der Waals surface area contributed by atoms with Crippen molar-refractivity contribution in [3.63, 3.8) is 0 Å². The molecular formula is C19H19N5O3. The molecule has 0 radical (unpaired) electrons. The highest BCUT2D eigenvalue weighted by molar-refractivity contribution is 5.76. The topological polar surface area (TPSA) is 104 Å². The first-order valence-corrected chi connectivity index (χ1v) is 8.68. The molecule has 0 saturated heterocycles. The summed E-state index contributed by atoms with van der Waals surface area (Å²) in [6, 6.07) is 9.92. The lowest BCUT2D eigenvalue weighted by atomic mass is 9.91. The largest absolute Gasteiger partial charge is 0.347 e. The molecule has 3 aromatic rings. The monoisotopic (exact) mass is 365 g/mol. The molecule has 0 fully saturated rings. The van der Waals surface area contributed by atoms with Crippen molar-refractivity contribution in [2.24, 2.45) is 0 Å². The number of rotatable bonds is 3. The minimum Gasteiger partial charge on any atom is -0.347 e. The van der Waals surface area contributed by atoms with Crippen LogP contribution in [0.15, 0.2) is 52.4 Å². The number of benzene rings is 1. The Morgan fingerprint density at radius 3 is 2.81 bits per heavy atom. The molecule has 3 heterocycles. The van der Waals surface area contributed by atoms with Crippen molar-refractivity contribution >= 4 is 5.91 Å². The Morgan fingerprint density at radius 1 is 1.26 bits per heavy atom. The summed E-state index contributed by atoms with van der Waals surface area (Å²) in [5.74, 6) is -0.219. The van der Waals surface area contributed by atoms with E-state index < -0.39 is 11.2 Å². The second kappa shape index (κ2) is 6.71. The van der Waals surface area contributed by atoms with Crippen LogP contribution in [0.4, 0.5) is 0 Å². The van der Waals surface area contributed by atoms with Crippen LogP contribution in [0, 0.1) is 6.92 Å². The molecule has 138 valence electrons. The predicted molar refractivity (Wildman–Crippen MR) is 98.3 cm³/mol. The van der Waals surface area contributed by atoms with Gasteiger partial charge in [-0.1, -0.05) is 30.3 Å². The molecule has 2 N–H and O–H groups in total. The number of hydrogen-bond acceptors (Lipinski definition) is 4. The molecule has 4 rings (SSSR count). The van der Waals surface area contributed by atoms with Crippen LogP contribution in [0.2, 0.25) is 0 Å². The maximum atomic E-state index is 12.9. The van der Waals surface area contributed by atoms with Crippen molar-refractivity contribution in [3.8, 4) is 0 Å². The molecule has 8 heteroatoms. The van der Waals surface area contributed by atoms with Gasteiger partial charge in [0.2, 0.25) is 5.91 Å². The molecule has 1 aliphatic rings. The van der Waals surface area contributed by atoms with Gasteiger partial charge >= 0.3 is 5.69 Å². The van der Waals surface area contributed by atoms with Crippen molar-refractivity contribution in [1.82, 2.24) is 24.4 Å². The molecule has 0 saturated carbocycles. The predicted octanol–water partition coefficient (Wildman–Crippen LogP) is 0.742. The third kappa shape index (κ3) is 3.21. The van der Waals surface area contributed by atoms with Crippen LogP contribution in [-0.4, -0.2) is 36.9 Å². The Bertz CT molecular complexity index is 1100. The van der Waals surface area contributed by atoms with Crippen LogP contribution in [-0.2, 0) is 17.9 Å². The first kappa shape index (κ1) is 17.0. The van der Waals surface area contributed by atoms with E-state index in [-0.39, 0.29) is 18.4 Å². The van der Waals surface area contributed by atoms with Gasteiger partial charge in [0.25, 0.3) is 5.56 Å². The maximum absolute atomic E-state index is 12.9. The Morgan fingerprint density at radius 2 is 2.04 bits per heavy atom. The highest BCUT2D eigenvalue weighted by Crippen LogP contribution is 2.31.